The molecule has 0 aliphatic carbocycles. The zero-order valence-electron chi connectivity index (χ0n) is 8.65. The quantitative estimate of drug-likeness (QED) is 0.572. The van der Waals surface area contributed by atoms with Crippen LogP contribution in [-0.4, -0.2) is 5.66 Å². The maximum Gasteiger partial charge on any atom is -0.0257 e. The standard InChI is InChI=1S/C10H23P/c1-8(2)6-9(11)7-10(3,4)5/h8-9H,6-7,11H2,1-5H3. The molecule has 1 heteroatoms. The van der Waals surface area contributed by atoms with Gasteiger partial charge in [-0.3, -0.25) is 0 Å². The van der Waals surface area contributed by atoms with Crippen molar-refractivity contribution in [3.05, 3.63) is 0 Å². The summed E-state index contributed by atoms with van der Waals surface area (Å²) in [4.78, 5) is 0. The molecule has 0 bridgehead atoms. The van der Waals surface area contributed by atoms with Gasteiger partial charge in [0.1, 0.15) is 0 Å². The largest absolute Gasteiger partial charge is 0.134 e. The molecular weight excluding hydrogens is 151 g/mol. The van der Waals surface area contributed by atoms with Gasteiger partial charge in [-0.25, -0.2) is 0 Å². The second kappa shape index (κ2) is 4.45. The summed E-state index contributed by atoms with van der Waals surface area (Å²) >= 11 is 0. The molecule has 2 atom stereocenters. The predicted octanol–water partition coefficient (Wildman–Crippen LogP) is 3.71. The highest BCUT2D eigenvalue weighted by molar-refractivity contribution is 7.17. The lowest BCUT2D eigenvalue weighted by Gasteiger charge is -2.24. The molecule has 0 aromatic rings. The van der Waals surface area contributed by atoms with Gasteiger partial charge in [-0.1, -0.05) is 34.6 Å². The van der Waals surface area contributed by atoms with Crippen molar-refractivity contribution in [1.82, 2.24) is 0 Å². The van der Waals surface area contributed by atoms with Gasteiger partial charge in [0.05, 0.1) is 0 Å². The fraction of sp³-hybridized carbons (Fsp3) is 1.00. The highest BCUT2D eigenvalue weighted by Crippen LogP contribution is 2.28. The van der Waals surface area contributed by atoms with Crippen molar-refractivity contribution < 1.29 is 0 Å². The van der Waals surface area contributed by atoms with Gasteiger partial charge in [0.2, 0.25) is 0 Å². The molecule has 0 heterocycles. The molecule has 0 nitrogen and oxygen atoms in total. The highest BCUT2D eigenvalue weighted by Gasteiger charge is 2.15. The van der Waals surface area contributed by atoms with Gasteiger partial charge in [-0.15, -0.1) is 9.24 Å². The van der Waals surface area contributed by atoms with E-state index in [1.54, 1.807) is 0 Å². The minimum absolute atomic E-state index is 0.487. The van der Waals surface area contributed by atoms with Gasteiger partial charge < -0.3 is 0 Å². The topological polar surface area (TPSA) is 0 Å². The van der Waals surface area contributed by atoms with E-state index in [4.69, 9.17) is 0 Å². The van der Waals surface area contributed by atoms with Crippen LogP contribution in [0.25, 0.3) is 0 Å². The second-order valence-electron chi connectivity index (χ2n) is 5.15. The fourth-order valence-electron chi connectivity index (χ4n) is 1.48. The molecule has 11 heavy (non-hydrogen) atoms. The average Bonchev–Trinajstić information content (AvgIpc) is 1.53. The van der Waals surface area contributed by atoms with E-state index in [0.29, 0.717) is 5.41 Å². The minimum Gasteiger partial charge on any atom is -0.134 e. The van der Waals surface area contributed by atoms with Crippen LogP contribution in [-0.2, 0) is 0 Å². The van der Waals surface area contributed by atoms with E-state index in [0.717, 1.165) is 11.6 Å². The molecule has 0 aliphatic heterocycles. The van der Waals surface area contributed by atoms with Crippen molar-refractivity contribution in [3.63, 3.8) is 0 Å². The van der Waals surface area contributed by atoms with E-state index in [-0.39, 0.29) is 0 Å². The fourth-order valence-corrected chi connectivity index (χ4v) is 2.73. The third-order valence-electron chi connectivity index (χ3n) is 1.65. The Hall–Kier alpha value is 0.430. The molecule has 0 saturated heterocycles. The number of rotatable bonds is 3. The monoisotopic (exact) mass is 174 g/mol. The Morgan fingerprint density at radius 3 is 1.91 bits per heavy atom. The van der Waals surface area contributed by atoms with E-state index < -0.39 is 0 Å². The van der Waals surface area contributed by atoms with Crippen LogP contribution < -0.4 is 0 Å². The molecule has 2 unspecified atom stereocenters. The van der Waals surface area contributed by atoms with Crippen LogP contribution in [0, 0.1) is 11.3 Å². The smallest absolute Gasteiger partial charge is 0.0257 e. The first-order valence-corrected chi connectivity index (χ1v) is 5.23. The van der Waals surface area contributed by atoms with E-state index in [1.165, 1.54) is 12.8 Å². The first kappa shape index (κ1) is 11.4. The third kappa shape index (κ3) is 8.34. The molecule has 0 aromatic heterocycles. The average molecular weight is 174 g/mol. The lowest BCUT2D eigenvalue weighted by atomic mass is 9.88. The maximum atomic E-state index is 2.97. The normalized spacial score (nSPS) is 15.5. The van der Waals surface area contributed by atoms with E-state index in [2.05, 4.69) is 43.9 Å². The van der Waals surface area contributed by atoms with Crippen LogP contribution >= 0.6 is 9.24 Å². The van der Waals surface area contributed by atoms with Crippen molar-refractivity contribution in [1.29, 1.82) is 0 Å². The van der Waals surface area contributed by atoms with Crippen LogP contribution in [0.5, 0.6) is 0 Å². The Balaban J connectivity index is 3.61. The third-order valence-corrected chi connectivity index (χ3v) is 2.16. The second-order valence-corrected chi connectivity index (χ2v) is 6.10. The van der Waals surface area contributed by atoms with Gasteiger partial charge in [-0.2, -0.15) is 0 Å². The number of hydrogen-bond acceptors (Lipinski definition) is 0. The van der Waals surface area contributed by atoms with Crippen molar-refractivity contribution in [2.75, 3.05) is 0 Å². The Morgan fingerprint density at radius 1 is 1.18 bits per heavy atom. The van der Waals surface area contributed by atoms with Crippen molar-refractivity contribution in [3.8, 4) is 0 Å². The summed E-state index contributed by atoms with van der Waals surface area (Å²) in [5.41, 5.74) is 1.29. The molecule has 0 fully saturated rings. The lowest BCUT2D eigenvalue weighted by molar-refractivity contribution is 0.354. The summed E-state index contributed by atoms with van der Waals surface area (Å²) in [6.45, 7) is 11.5. The summed E-state index contributed by atoms with van der Waals surface area (Å²) in [6, 6.07) is 0. The Morgan fingerprint density at radius 2 is 1.64 bits per heavy atom. The van der Waals surface area contributed by atoms with Crippen molar-refractivity contribution in [2.45, 2.75) is 53.1 Å². The predicted molar refractivity (Wildman–Crippen MR) is 57.0 cm³/mol. The van der Waals surface area contributed by atoms with Crippen LogP contribution in [0.1, 0.15) is 47.5 Å². The summed E-state index contributed by atoms with van der Waals surface area (Å²) in [7, 11) is 2.97. The molecule has 0 aliphatic rings. The van der Waals surface area contributed by atoms with Crippen molar-refractivity contribution in [2.24, 2.45) is 11.3 Å². The van der Waals surface area contributed by atoms with E-state index in [9.17, 15) is 0 Å². The van der Waals surface area contributed by atoms with E-state index in [1.807, 2.05) is 0 Å². The zero-order valence-corrected chi connectivity index (χ0v) is 9.80. The lowest BCUT2D eigenvalue weighted by Crippen LogP contribution is -2.14. The molecule has 0 N–H and O–H groups in total. The molecule has 0 amide bonds. The van der Waals surface area contributed by atoms with Gasteiger partial charge in [0.25, 0.3) is 0 Å². The SMILES string of the molecule is CC(C)CC(P)CC(C)(C)C. The molecule has 0 spiro atoms. The molecule has 0 rings (SSSR count). The van der Waals surface area contributed by atoms with Gasteiger partial charge in [0.15, 0.2) is 0 Å². The highest BCUT2D eigenvalue weighted by atomic mass is 31.0. The number of hydrogen-bond donors (Lipinski definition) is 0. The van der Waals surface area contributed by atoms with Crippen LogP contribution in [0.2, 0.25) is 0 Å². The van der Waals surface area contributed by atoms with Crippen LogP contribution in [0.4, 0.5) is 0 Å². The van der Waals surface area contributed by atoms with Crippen molar-refractivity contribution >= 4 is 9.24 Å². The Bertz CT molecular complexity index is 99.9. The molecule has 0 aromatic carbocycles. The summed E-state index contributed by atoms with van der Waals surface area (Å²) < 4.78 is 0. The van der Waals surface area contributed by atoms with Gasteiger partial charge in [0, 0.05) is 0 Å². The Kier molecular flexibility index (Phi) is 4.63. The Labute approximate surface area is 74.4 Å². The summed E-state index contributed by atoms with van der Waals surface area (Å²) in [6.07, 6.45) is 2.65. The van der Waals surface area contributed by atoms with Gasteiger partial charge >= 0.3 is 0 Å². The molecule has 68 valence electrons. The van der Waals surface area contributed by atoms with Crippen LogP contribution in [0.15, 0.2) is 0 Å². The van der Waals surface area contributed by atoms with Gasteiger partial charge in [-0.05, 0) is 29.8 Å². The minimum atomic E-state index is 0.487. The molecule has 0 radical (unpaired) electrons. The van der Waals surface area contributed by atoms with E-state index >= 15 is 0 Å². The summed E-state index contributed by atoms with van der Waals surface area (Å²) in [5.74, 6) is 0.833. The first-order chi connectivity index (χ1) is 4.81. The zero-order chi connectivity index (χ0) is 9.07. The first-order valence-electron chi connectivity index (χ1n) is 4.57. The maximum absolute atomic E-state index is 2.97. The summed E-state index contributed by atoms with van der Waals surface area (Å²) in [5, 5.41) is 0. The van der Waals surface area contributed by atoms with Crippen LogP contribution in [0.3, 0.4) is 0 Å². The molecule has 0 saturated carbocycles. The molecular formula is C10H23P.